The minimum absolute atomic E-state index is 0.488. The van der Waals surface area contributed by atoms with Crippen molar-refractivity contribution in [1.29, 1.82) is 5.26 Å². The van der Waals surface area contributed by atoms with E-state index in [0.29, 0.717) is 6.42 Å². The molecule has 2 aliphatic rings. The molecule has 152 valence electrons. The van der Waals surface area contributed by atoms with Gasteiger partial charge >= 0.3 is 0 Å². The van der Waals surface area contributed by atoms with E-state index in [4.69, 9.17) is 7.85 Å². The fourth-order valence-corrected chi connectivity index (χ4v) is 6.04. The van der Waals surface area contributed by atoms with E-state index in [1.807, 2.05) is 19.2 Å². The van der Waals surface area contributed by atoms with E-state index in [0.717, 1.165) is 51.9 Å². The molecule has 1 fully saturated rings. The van der Waals surface area contributed by atoms with Crippen molar-refractivity contribution in [2.45, 2.75) is 51.5 Å². The largest absolute Gasteiger partial charge is 0.379 e. The number of hydrogen-bond acceptors (Lipinski definition) is 6. The van der Waals surface area contributed by atoms with Crippen LogP contribution < -0.4 is 10.1 Å². The molecule has 3 heterocycles. The average Bonchev–Trinajstić information content (AvgIpc) is 3.31. The van der Waals surface area contributed by atoms with Gasteiger partial charge in [-0.2, -0.15) is 16.6 Å². The number of carbonyl (C=O) groups excluding carboxylic acids is 1. The van der Waals surface area contributed by atoms with Gasteiger partial charge < -0.3 is 10.1 Å². The van der Waals surface area contributed by atoms with E-state index < -0.39 is 0 Å². The van der Waals surface area contributed by atoms with Crippen molar-refractivity contribution in [1.82, 2.24) is 4.90 Å². The molecule has 0 spiro atoms. The fourth-order valence-electron chi connectivity index (χ4n) is 4.22. The second-order valence-corrected chi connectivity index (χ2v) is 10.0. The summed E-state index contributed by atoms with van der Waals surface area (Å²) >= 11 is 3.23. The molecule has 0 amide bonds. The summed E-state index contributed by atoms with van der Waals surface area (Å²) in [7, 11) is 7.33. The second-order valence-electron chi connectivity index (χ2n) is 7.73. The highest BCUT2D eigenvalue weighted by Gasteiger charge is 2.26. The lowest BCUT2D eigenvalue weighted by atomic mass is 9.88. The summed E-state index contributed by atoms with van der Waals surface area (Å²) < 4.78 is 0.770. The first-order valence-corrected chi connectivity index (χ1v) is 12.0. The lowest BCUT2D eigenvalue weighted by Gasteiger charge is -2.32. The van der Waals surface area contributed by atoms with Crippen molar-refractivity contribution >= 4 is 46.6 Å². The molecule has 4 nitrogen and oxygen atoms in total. The van der Waals surface area contributed by atoms with Gasteiger partial charge in [0.15, 0.2) is 0 Å². The lowest BCUT2D eigenvalue weighted by molar-refractivity contribution is -0.107. The SMILES string of the molecule is CNc1sc2c(c1C#N)CN(CC1CCCCC1)CC2.[B]c1ccc(CC=O)s1. The third-order valence-electron chi connectivity index (χ3n) is 5.67. The van der Waals surface area contributed by atoms with Crippen LogP contribution in [0.3, 0.4) is 0 Å². The Balaban J connectivity index is 0.000000224. The van der Waals surface area contributed by atoms with E-state index in [9.17, 15) is 10.1 Å². The zero-order valence-electron chi connectivity index (χ0n) is 17.1. The Morgan fingerprint density at radius 1 is 1.31 bits per heavy atom. The monoisotopic (exact) mass is 425 g/mol. The van der Waals surface area contributed by atoms with E-state index in [2.05, 4.69) is 16.3 Å². The van der Waals surface area contributed by atoms with Gasteiger partial charge in [-0.3, -0.25) is 4.90 Å². The van der Waals surface area contributed by atoms with Crippen LogP contribution >= 0.6 is 22.7 Å². The molecular weight excluding hydrogens is 397 g/mol. The van der Waals surface area contributed by atoms with Gasteiger partial charge in [-0.1, -0.05) is 25.3 Å². The number of thiophene rings is 2. The van der Waals surface area contributed by atoms with Crippen LogP contribution in [0.5, 0.6) is 0 Å². The van der Waals surface area contributed by atoms with Gasteiger partial charge in [0.25, 0.3) is 0 Å². The number of anilines is 1. The molecule has 1 aliphatic heterocycles. The smallest absolute Gasteiger partial charge is 0.128 e. The van der Waals surface area contributed by atoms with Crippen LogP contribution in [0.25, 0.3) is 0 Å². The van der Waals surface area contributed by atoms with Gasteiger partial charge in [-0.05, 0) is 36.0 Å². The quantitative estimate of drug-likeness (QED) is 0.584. The van der Waals surface area contributed by atoms with E-state index in [1.165, 1.54) is 60.4 Å². The van der Waals surface area contributed by atoms with Crippen LogP contribution in [0.15, 0.2) is 12.1 Å². The molecule has 2 radical (unpaired) electrons. The Kier molecular flexibility index (Phi) is 8.34. The Bertz CT molecular complexity index is 849. The maximum absolute atomic E-state index is 9.95. The highest BCUT2D eigenvalue weighted by atomic mass is 32.1. The van der Waals surface area contributed by atoms with Crippen LogP contribution in [0.1, 0.15) is 53.0 Å². The number of hydrogen-bond donors (Lipinski definition) is 1. The van der Waals surface area contributed by atoms with Crippen LogP contribution in [0.4, 0.5) is 5.00 Å². The molecule has 0 bridgehead atoms. The molecule has 0 saturated heterocycles. The van der Waals surface area contributed by atoms with Gasteiger partial charge in [0, 0.05) is 48.4 Å². The molecule has 4 rings (SSSR count). The summed E-state index contributed by atoms with van der Waals surface area (Å²) in [5.74, 6) is 0.887. The topological polar surface area (TPSA) is 56.1 Å². The van der Waals surface area contributed by atoms with Crippen LogP contribution in [0.2, 0.25) is 0 Å². The molecule has 2 aromatic rings. The Morgan fingerprint density at radius 2 is 2.10 bits per heavy atom. The first-order valence-electron chi connectivity index (χ1n) is 10.4. The van der Waals surface area contributed by atoms with Gasteiger partial charge in [-0.25, -0.2) is 0 Å². The number of carbonyl (C=O) groups is 1. The minimum Gasteiger partial charge on any atom is -0.379 e. The molecule has 1 saturated carbocycles. The van der Waals surface area contributed by atoms with E-state index >= 15 is 0 Å². The second kappa shape index (κ2) is 11.0. The zero-order valence-corrected chi connectivity index (χ0v) is 18.7. The van der Waals surface area contributed by atoms with Crippen LogP contribution in [0, 0.1) is 17.2 Å². The first kappa shape index (κ1) is 22.1. The highest BCUT2D eigenvalue weighted by molar-refractivity contribution is 7.20. The van der Waals surface area contributed by atoms with Crippen molar-refractivity contribution in [3.63, 3.8) is 0 Å². The maximum Gasteiger partial charge on any atom is 0.128 e. The van der Waals surface area contributed by atoms with Gasteiger partial charge in [0.05, 0.1) is 5.56 Å². The van der Waals surface area contributed by atoms with Gasteiger partial charge in [0.1, 0.15) is 25.2 Å². The number of fused-ring (bicyclic) bond motifs is 1. The third kappa shape index (κ3) is 5.94. The minimum atomic E-state index is 0.488. The zero-order chi connectivity index (χ0) is 20.6. The maximum atomic E-state index is 9.95. The number of aldehydes is 1. The summed E-state index contributed by atoms with van der Waals surface area (Å²) in [5.41, 5.74) is 2.18. The first-order chi connectivity index (χ1) is 14.1. The van der Waals surface area contributed by atoms with E-state index in [1.54, 1.807) is 11.3 Å². The van der Waals surface area contributed by atoms with Crippen molar-refractivity contribution in [2.24, 2.45) is 5.92 Å². The molecule has 29 heavy (non-hydrogen) atoms. The number of nitrogens with zero attached hydrogens (tertiary/aromatic N) is 2. The standard InChI is InChI=1S/C16H23N3S.C6H5BOS/c1-18-16-13(9-17)14-11-19(8-7-15(14)20-16)10-12-5-3-2-4-6-12;7-6-2-1-5(9-6)3-4-8/h12,18H,2-8,10-11H2,1H3;1-2,4H,3H2. The Labute approximate surface area is 183 Å². The molecule has 7 heteroatoms. The predicted octanol–water partition coefficient (Wildman–Crippen LogP) is 3.88. The van der Waals surface area contributed by atoms with Crippen molar-refractivity contribution in [3.05, 3.63) is 33.0 Å². The van der Waals surface area contributed by atoms with E-state index in [-0.39, 0.29) is 0 Å². The Hall–Kier alpha value is -1.62. The number of rotatable bonds is 5. The molecule has 0 atom stereocenters. The Morgan fingerprint density at radius 3 is 2.72 bits per heavy atom. The summed E-state index contributed by atoms with van der Waals surface area (Å²) in [6.07, 6.45) is 9.54. The number of nitriles is 1. The molecule has 1 N–H and O–H groups in total. The van der Waals surface area contributed by atoms with Gasteiger partial charge in [0.2, 0.25) is 0 Å². The lowest BCUT2D eigenvalue weighted by Crippen LogP contribution is -2.34. The molecular formula is C22H28BN3OS2. The molecule has 0 unspecified atom stereocenters. The average molecular weight is 425 g/mol. The van der Waals surface area contributed by atoms with Crippen molar-refractivity contribution < 1.29 is 4.79 Å². The normalized spacial score (nSPS) is 17.0. The molecule has 1 aliphatic carbocycles. The van der Waals surface area contributed by atoms with Crippen LogP contribution in [-0.4, -0.2) is 39.2 Å². The predicted molar refractivity (Wildman–Crippen MR) is 124 cm³/mol. The summed E-state index contributed by atoms with van der Waals surface area (Å²) in [6, 6.07) is 6.08. The molecule has 0 aromatic carbocycles. The summed E-state index contributed by atoms with van der Waals surface area (Å²) in [5, 5.41) is 13.6. The fraction of sp³-hybridized carbons (Fsp3) is 0.545. The number of nitrogens with one attached hydrogen (secondary N) is 1. The highest BCUT2D eigenvalue weighted by Crippen LogP contribution is 2.37. The van der Waals surface area contributed by atoms with Crippen molar-refractivity contribution in [3.8, 4) is 6.07 Å². The summed E-state index contributed by atoms with van der Waals surface area (Å²) in [4.78, 5) is 15.0. The van der Waals surface area contributed by atoms with Crippen molar-refractivity contribution in [2.75, 3.05) is 25.5 Å². The van der Waals surface area contributed by atoms with Gasteiger partial charge in [-0.15, -0.1) is 11.3 Å². The van der Waals surface area contributed by atoms with Crippen LogP contribution in [-0.2, 0) is 24.2 Å². The molecule has 2 aromatic heterocycles. The summed E-state index contributed by atoms with van der Waals surface area (Å²) in [6.45, 7) is 3.37. The third-order valence-corrected chi connectivity index (χ3v) is 7.92.